The molecule has 32 heavy (non-hydrogen) atoms. The maximum atomic E-state index is 15.2. The molecule has 0 spiro atoms. The van der Waals surface area contributed by atoms with E-state index < -0.39 is 18.2 Å². The van der Waals surface area contributed by atoms with Crippen LogP contribution in [0.4, 0.5) is 18.9 Å². The summed E-state index contributed by atoms with van der Waals surface area (Å²) in [5.41, 5.74) is 2.49. The van der Waals surface area contributed by atoms with Crippen LogP contribution >= 0.6 is 15.9 Å². The van der Waals surface area contributed by atoms with Crippen molar-refractivity contribution in [3.8, 4) is 11.5 Å². The third-order valence-electron chi connectivity index (χ3n) is 5.34. The number of hydrogen-bond acceptors (Lipinski definition) is 3. The molecular formula is C25H25BrF3NO2. The summed E-state index contributed by atoms with van der Waals surface area (Å²) in [7, 11) is 3.19. The summed E-state index contributed by atoms with van der Waals surface area (Å²) < 4.78 is 52.5. The zero-order valence-electron chi connectivity index (χ0n) is 18.1. The van der Waals surface area contributed by atoms with Crippen molar-refractivity contribution in [3.05, 3.63) is 87.6 Å². The quantitative estimate of drug-likeness (QED) is 0.306. The number of nitrogens with zero attached hydrogens (tertiary/aromatic N) is 1. The highest BCUT2D eigenvalue weighted by atomic mass is 79.9. The van der Waals surface area contributed by atoms with Crippen LogP contribution in [0.15, 0.2) is 65.1 Å². The van der Waals surface area contributed by atoms with Gasteiger partial charge in [0.1, 0.15) is 17.3 Å². The Morgan fingerprint density at radius 3 is 1.72 bits per heavy atom. The molecule has 0 N–H and O–H groups in total. The summed E-state index contributed by atoms with van der Waals surface area (Å²) in [5, 5.41) is 0. The van der Waals surface area contributed by atoms with Crippen molar-refractivity contribution in [2.45, 2.75) is 32.4 Å². The van der Waals surface area contributed by atoms with E-state index in [1.807, 2.05) is 53.4 Å². The molecule has 3 aromatic carbocycles. The van der Waals surface area contributed by atoms with E-state index in [2.05, 4.69) is 15.9 Å². The molecule has 0 amide bonds. The number of methoxy groups -OCH3 is 2. The van der Waals surface area contributed by atoms with Gasteiger partial charge in [-0.2, -0.15) is 0 Å². The highest BCUT2D eigenvalue weighted by molar-refractivity contribution is 9.10. The first kappa shape index (κ1) is 24.0. The molecule has 1 atom stereocenters. The molecule has 3 nitrogen and oxygen atoms in total. The molecule has 0 radical (unpaired) electrons. The van der Waals surface area contributed by atoms with Crippen LogP contribution < -0.4 is 14.4 Å². The fraction of sp³-hybridized carbons (Fsp3) is 0.280. The molecule has 170 valence electrons. The Morgan fingerprint density at radius 2 is 1.31 bits per heavy atom. The van der Waals surface area contributed by atoms with Crippen molar-refractivity contribution < 1.29 is 22.6 Å². The smallest absolute Gasteiger partial charge is 0.245 e. The van der Waals surface area contributed by atoms with Gasteiger partial charge in [0.25, 0.3) is 0 Å². The van der Waals surface area contributed by atoms with Crippen LogP contribution in [0.3, 0.4) is 0 Å². The lowest BCUT2D eigenvalue weighted by molar-refractivity contribution is 0.121. The normalized spacial score (nSPS) is 12.0. The van der Waals surface area contributed by atoms with E-state index in [0.717, 1.165) is 22.6 Å². The Bertz CT molecular complexity index is 977. The SMILES string of the molecule is COc1ccc(CN(Cc2ccc(OC)cc2)c2cc(Br)c(C(C)C(F)F)cc2F)cc1. The standard InChI is InChI=1S/C25H25BrF3NO2/c1-16(25(28)29)21-12-23(27)24(13-22(21)26)30(14-17-4-8-19(31-2)9-5-17)15-18-6-10-20(32-3)11-7-18/h4-13,16,25H,14-15H2,1-3H3. The van der Waals surface area contributed by atoms with Crippen molar-refractivity contribution in [2.24, 2.45) is 0 Å². The molecule has 0 fully saturated rings. The highest BCUT2D eigenvalue weighted by Gasteiger charge is 2.23. The Balaban J connectivity index is 1.97. The second-order valence-corrected chi connectivity index (χ2v) is 8.35. The van der Waals surface area contributed by atoms with Crippen LogP contribution in [-0.2, 0) is 13.1 Å². The van der Waals surface area contributed by atoms with Crippen molar-refractivity contribution in [1.29, 1.82) is 0 Å². The van der Waals surface area contributed by atoms with E-state index >= 15 is 4.39 Å². The van der Waals surface area contributed by atoms with Crippen molar-refractivity contribution in [1.82, 2.24) is 0 Å². The summed E-state index contributed by atoms with van der Waals surface area (Å²) in [6.45, 7) is 2.22. The number of anilines is 1. The molecule has 0 heterocycles. The topological polar surface area (TPSA) is 21.7 Å². The Morgan fingerprint density at radius 1 is 0.844 bits per heavy atom. The van der Waals surface area contributed by atoms with Crippen molar-refractivity contribution >= 4 is 21.6 Å². The van der Waals surface area contributed by atoms with Gasteiger partial charge in [-0.25, -0.2) is 13.2 Å². The summed E-state index contributed by atoms with van der Waals surface area (Å²) in [6.07, 6.45) is -2.58. The average molecular weight is 508 g/mol. The first-order valence-electron chi connectivity index (χ1n) is 10.1. The average Bonchev–Trinajstić information content (AvgIpc) is 2.80. The van der Waals surface area contributed by atoms with E-state index in [4.69, 9.17) is 9.47 Å². The summed E-state index contributed by atoms with van der Waals surface area (Å²) in [6, 6.07) is 17.8. The van der Waals surface area contributed by atoms with Gasteiger partial charge in [-0.3, -0.25) is 0 Å². The fourth-order valence-corrected chi connectivity index (χ4v) is 4.10. The van der Waals surface area contributed by atoms with Gasteiger partial charge in [-0.05, 0) is 53.1 Å². The molecule has 0 saturated heterocycles. The number of hydrogen-bond donors (Lipinski definition) is 0. The van der Waals surface area contributed by atoms with Gasteiger partial charge in [-0.1, -0.05) is 47.1 Å². The third-order valence-corrected chi connectivity index (χ3v) is 6.03. The molecule has 3 rings (SSSR count). The monoisotopic (exact) mass is 507 g/mol. The lowest BCUT2D eigenvalue weighted by Crippen LogP contribution is -2.23. The molecule has 0 aliphatic carbocycles. The van der Waals surface area contributed by atoms with Crippen molar-refractivity contribution in [3.63, 3.8) is 0 Å². The first-order valence-corrected chi connectivity index (χ1v) is 10.9. The van der Waals surface area contributed by atoms with Gasteiger partial charge in [0.05, 0.1) is 19.9 Å². The van der Waals surface area contributed by atoms with E-state index in [0.29, 0.717) is 23.2 Å². The minimum absolute atomic E-state index is 0.245. The summed E-state index contributed by atoms with van der Waals surface area (Å²) >= 11 is 3.37. The molecular weight excluding hydrogens is 483 g/mol. The second kappa shape index (κ2) is 10.8. The van der Waals surface area contributed by atoms with Gasteiger partial charge in [-0.15, -0.1) is 0 Å². The van der Waals surface area contributed by atoms with Crippen LogP contribution in [0.1, 0.15) is 29.5 Å². The molecule has 0 bridgehead atoms. The number of rotatable bonds is 9. The Kier molecular flexibility index (Phi) is 8.07. The highest BCUT2D eigenvalue weighted by Crippen LogP contribution is 2.35. The summed E-state index contributed by atoms with van der Waals surface area (Å²) in [5.74, 6) is -0.160. The summed E-state index contributed by atoms with van der Waals surface area (Å²) in [4.78, 5) is 1.88. The van der Waals surface area contributed by atoms with Gasteiger partial charge in [0.2, 0.25) is 6.43 Å². The number of alkyl halides is 2. The van der Waals surface area contributed by atoms with E-state index in [1.54, 1.807) is 20.3 Å². The number of benzene rings is 3. The van der Waals surface area contributed by atoms with E-state index in [9.17, 15) is 8.78 Å². The van der Waals surface area contributed by atoms with Crippen LogP contribution in [0.5, 0.6) is 11.5 Å². The van der Waals surface area contributed by atoms with Crippen LogP contribution in [0.2, 0.25) is 0 Å². The van der Waals surface area contributed by atoms with Gasteiger partial charge in [0, 0.05) is 23.5 Å². The maximum absolute atomic E-state index is 15.2. The molecule has 0 aromatic heterocycles. The lowest BCUT2D eigenvalue weighted by atomic mass is 10.0. The predicted molar refractivity (Wildman–Crippen MR) is 124 cm³/mol. The molecule has 0 saturated carbocycles. The van der Waals surface area contributed by atoms with Crippen LogP contribution in [-0.4, -0.2) is 20.6 Å². The van der Waals surface area contributed by atoms with Crippen LogP contribution in [0.25, 0.3) is 0 Å². The zero-order valence-corrected chi connectivity index (χ0v) is 19.7. The number of halogens is 4. The minimum Gasteiger partial charge on any atom is -0.497 e. The van der Waals surface area contributed by atoms with Gasteiger partial charge >= 0.3 is 0 Å². The fourth-order valence-electron chi connectivity index (χ4n) is 3.41. The lowest BCUT2D eigenvalue weighted by Gasteiger charge is -2.27. The van der Waals surface area contributed by atoms with Gasteiger partial charge in [0.15, 0.2) is 0 Å². The third kappa shape index (κ3) is 5.76. The first-order chi connectivity index (χ1) is 15.3. The number of ether oxygens (including phenoxy) is 2. The molecule has 0 aliphatic rings. The maximum Gasteiger partial charge on any atom is 0.245 e. The Hall–Kier alpha value is -2.67. The van der Waals surface area contributed by atoms with Crippen LogP contribution in [0, 0.1) is 5.82 Å². The molecule has 3 aromatic rings. The molecule has 7 heteroatoms. The second-order valence-electron chi connectivity index (χ2n) is 7.50. The Labute approximate surface area is 194 Å². The van der Waals surface area contributed by atoms with Gasteiger partial charge < -0.3 is 14.4 Å². The largest absolute Gasteiger partial charge is 0.497 e. The predicted octanol–water partition coefficient (Wildman–Crippen LogP) is 7.18. The zero-order chi connectivity index (χ0) is 23.3. The molecule has 1 unspecified atom stereocenters. The van der Waals surface area contributed by atoms with E-state index in [-0.39, 0.29) is 5.56 Å². The van der Waals surface area contributed by atoms with E-state index in [1.165, 1.54) is 13.0 Å². The molecule has 0 aliphatic heterocycles. The minimum atomic E-state index is -2.58. The van der Waals surface area contributed by atoms with Crippen molar-refractivity contribution in [2.75, 3.05) is 19.1 Å².